The van der Waals surface area contributed by atoms with Crippen LogP contribution in [0.5, 0.6) is 0 Å². The third kappa shape index (κ3) is 9.38. The summed E-state index contributed by atoms with van der Waals surface area (Å²) in [6, 6.07) is -0.731. The van der Waals surface area contributed by atoms with Crippen molar-refractivity contribution in [2.75, 3.05) is 0 Å². The first-order valence-electron chi connectivity index (χ1n) is 1.63. The summed E-state index contributed by atoms with van der Waals surface area (Å²) in [5, 5.41) is 7.87. The quantitative estimate of drug-likeness (QED) is 0.581. The molecule has 1 atom stereocenters. The lowest BCUT2D eigenvalue weighted by Crippen LogP contribution is -2.25. The van der Waals surface area contributed by atoms with E-state index in [4.69, 9.17) is 10.8 Å². The average molecular weight is 162 g/mol. The molecule has 0 amide bonds. The SMILES string of the molecule is CC(N)C(=O)O.Cl.Cl. The first-order chi connectivity index (χ1) is 2.64. The second kappa shape index (κ2) is 7.01. The highest BCUT2D eigenvalue weighted by Crippen LogP contribution is 1.68. The molecule has 3 N–H and O–H groups in total. The van der Waals surface area contributed by atoms with Crippen molar-refractivity contribution in [1.82, 2.24) is 0 Å². The molecule has 0 spiro atoms. The minimum absolute atomic E-state index is 0. The predicted octanol–water partition coefficient (Wildman–Crippen LogP) is 0.262. The van der Waals surface area contributed by atoms with Crippen molar-refractivity contribution >= 4 is 30.8 Å². The number of carboxylic acids is 1. The molecule has 8 heavy (non-hydrogen) atoms. The van der Waals surface area contributed by atoms with E-state index in [-0.39, 0.29) is 24.8 Å². The van der Waals surface area contributed by atoms with Gasteiger partial charge in [-0.2, -0.15) is 0 Å². The fourth-order valence-corrected chi connectivity index (χ4v) is 0. The van der Waals surface area contributed by atoms with Crippen LogP contribution in [0.4, 0.5) is 0 Å². The molecule has 0 saturated heterocycles. The molecule has 0 saturated carbocycles. The average Bonchev–Trinajstić information content (AvgIpc) is 1.36. The number of nitrogens with two attached hydrogens (primary N) is 1. The third-order valence-corrected chi connectivity index (χ3v) is 0.390. The van der Waals surface area contributed by atoms with Gasteiger partial charge in [0, 0.05) is 0 Å². The van der Waals surface area contributed by atoms with Crippen LogP contribution in [0.1, 0.15) is 6.92 Å². The van der Waals surface area contributed by atoms with E-state index in [0.717, 1.165) is 0 Å². The summed E-state index contributed by atoms with van der Waals surface area (Å²) >= 11 is 0. The number of rotatable bonds is 1. The molecule has 52 valence electrons. The second-order valence-electron chi connectivity index (χ2n) is 1.13. The van der Waals surface area contributed by atoms with E-state index >= 15 is 0 Å². The molecule has 0 aromatic rings. The molecule has 5 heteroatoms. The lowest BCUT2D eigenvalue weighted by molar-refractivity contribution is -0.138. The van der Waals surface area contributed by atoms with Crippen molar-refractivity contribution in [2.24, 2.45) is 5.73 Å². The zero-order valence-electron chi connectivity index (χ0n) is 4.33. The Hall–Kier alpha value is 0.01000. The van der Waals surface area contributed by atoms with Crippen LogP contribution in [0.2, 0.25) is 0 Å². The molecule has 3 nitrogen and oxygen atoms in total. The maximum absolute atomic E-state index is 9.57. The van der Waals surface area contributed by atoms with Crippen molar-refractivity contribution in [3.05, 3.63) is 0 Å². The number of aliphatic carboxylic acids is 1. The van der Waals surface area contributed by atoms with Gasteiger partial charge in [0.1, 0.15) is 6.04 Å². The van der Waals surface area contributed by atoms with Crippen molar-refractivity contribution in [3.63, 3.8) is 0 Å². The number of carboxylic acid groups (broad SMARTS) is 1. The van der Waals surface area contributed by atoms with Gasteiger partial charge in [0.25, 0.3) is 0 Å². The molecule has 0 rings (SSSR count). The highest BCUT2D eigenvalue weighted by molar-refractivity contribution is 5.85. The molecule has 0 fully saturated rings. The fraction of sp³-hybridized carbons (Fsp3) is 0.667. The lowest BCUT2D eigenvalue weighted by Gasteiger charge is -1.90. The van der Waals surface area contributed by atoms with E-state index in [1.54, 1.807) is 0 Å². The summed E-state index contributed by atoms with van der Waals surface area (Å²) in [4.78, 5) is 9.57. The van der Waals surface area contributed by atoms with E-state index in [9.17, 15) is 4.79 Å². The van der Waals surface area contributed by atoms with Crippen LogP contribution in [0, 0.1) is 0 Å². The molecule has 0 aromatic heterocycles. The molecule has 1 unspecified atom stereocenters. The topological polar surface area (TPSA) is 63.3 Å². The summed E-state index contributed by atoms with van der Waals surface area (Å²) in [6.07, 6.45) is 0. The molecule has 0 aliphatic heterocycles. The molecule has 0 aliphatic rings. The second-order valence-corrected chi connectivity index (χ2v) is 1.13. The van der Waals surface area contributed by atoms with Crippen LogP contribution in [0.15, 0.2) is 0 Å². The Morgan fingerprint density at radius 3 is 1.75 bits per heavy atom. The normalized spacial score (nSPS) is 10.2. The van der Waals surface area contributed by atoms with Crippen LogP contribution in [-0.4, -0.2) is 17.1 Å². The van der Waals surface area contributed by atoms with Crippen LogP contribution in [0.3, 0.4) is 0 Å². The standard InChI is InChI=1S/C3H7NO2.2ClH/c1-2(4)3(5)6;;/h2H,4H2,1H3,(H,5,6);2*1H. The van der Waals surface area contributed by atoms with Crippen LogP contribution in [0.25, 0.3) is 0 Å². The predicted molar refractivity (Wildman–Crippen MR) is 35.8 cm³/mol. The maximum atomic E-state index is 9.57. The Bertz CT molecular complexity index is 66.3. The smallest absolute Gasteiger partial charge is 0.320 e. The van der Waals surface area contributed by atoms with E-state index < -0.39 is 12.0 Å². The van der Waals surface area contributed by atoms with Gasteiger partial charge in [-0.1, -0.05) is 0 Å². The monoisotopic (exact) mass is 161 g/mol. The summed E-state index contributed by atoms with van der Waals surface area (Å²) < 4.78 is 0. The van der Waals surface area contributed by atoms with Crippen LogP contribution in [-0.2, 0) is 4.79 Å². The summed E-state index contributed by atoms with van der Waals surface area (Å²) in [6.45, 7) is 1.42. The lowest BCUT2D eigenvalue weighted by atomic mass is 10.4. The van der Waals surface area contributed by atoms with Crippen molar-refractivity contribution in [3.8, 4) is 0 Å². The zero-order chi connectivity index (χ0) is 5.15. The van der Waals surface area contributed by atoms with Gasteiger partial charge < -0.3 is 10.8 Å². The van der Waals surface area contributed by atoms with Crippen LogP contribution >= 0.6 is 24.8 Å². The van der Waals surface area contributed by atoms with Crippen LogP contribution < -0.4 is 5.73 Å². The Morgan fingerprint density at radius 1 is 1.62 bits per heavy atom. The Labute approximate surface area is 60.1 Å². The number of hydrogen-bond acceptors (Lipinski definition) is 2. The highest BCUT2D eigenvalue weighted by atomic mass is 35.5. The Balaban J connectivity index is -0.000000125. The van der Waals surface area contributed by atoms with E-state index in [1.165, 1.54) is 6.92 Å². The molecular formula is C3H9Cl2NO2. The molecule has 0 aromatic carbocycles. The van der Waals surface area contributed by atoms with Gasteiger partial charge in [-0.25, -0.2) is 0 Å². The van der Waals surface area contributed by atoms with Gasteiger partial charge >= 0.3 is 5.97 Å². The number of halogens is 2. The van der Waals surface area contributed by atoms with Gasteiger partial charge in [0.15, 0.2) is 0 Å². The summed E-state index contributed by atoms with van der Waals surface area (Å²) in [5.74, 6) is -0.963. The fourth-order valence-electron chi connectivity index (χ4n) is 0. The highest BCUT2D eigenvalue weighted by Gasteiger charge is 1.99. The molecule has 0 aliphatic carbocycles. The minimum atomic E-state index is -0.963. The number of hydrogen-bond donors (Lipinski definition) is 2. The maximum Gasteiger partial charge on any atom is 0.320 e. The van der Waals surface area contributed by atoms with E-state index in [0.29, 0.717) is 0 Å². The van der Waals surface area contributed by atoms with Crippen molar-refractivity contribution in [1.29, 1.82) is 0 Å². The third-order valence-electron chi connectivity index (χ3n) is 0.390. The molecule has 0 heterocycles. The zero-order valence-corrected chi connectivity index (χ0v) is 5.96. The van der Waals surface area contributed by atoms with E-state index in [2.05, 4.69) is 0 Å². The molecule has 0 radical (unpaired) electrons. The largest absolute Gasteiger partial charge is 0.480 e. The van der Waals surface area contributed by atoms with Gasteiger partial charge in [0.2, 0.25) is 0 Å². The van der Waals surface area contributed by atoms with Crippen molar-refractivity contribution in [2.45, 2.75) is 13.0 Å². The number of carbonyl (C=O) groups is 1. The van der Waals surface area contributed by atoms with Gasteiger partial charge in [-0.15, -0.1) is 24.8 Å². The first kappa shape index (κ1) is 15.7. The van der Waals surface area contributed by atoms with Gasteiger partial charge in [-0.05, 0) is 6.92 Å². The minimum Gasteiger partial charge on any atom is -0.480 e. The Morgan fingerprint density at radius 2 is 1.75 bits per heavy atom. The van der Waals surface area contributed by atoms with Crippen molar-refractivity contribution < 1.29 is 9.90 Å². The first-order valence-corrected chi connectivity index (χ1v) is 1.63. The molecule has 0 bridgehead atoms. The Kier molecular flexibility index (Phi) is 13.7. The molecular weight excluding hydrogens is 153 g/mol. The summed E-state index contributed by atoms with van der Waals surface area (Å²) in [5.41, 5.74) is 4.84. The van der Waals surface area contributed by atoms with Gasteiger partial charge in [-0.3, -0.25) is 4.79 Å². The van der Waals surface area contributed by atoms with Gasteiger partial charge in [0.05, 0.1) is 0 Å². The summed E-state index contributed by atoms with van der Waals surface area (Å²) in [7, 11) is 0. The van der Waals surface area contributed by atoms with E-state index in [1.807, 2.05) is 0 Å².